The fourth-order valence-electron chi connectivity index (χ4n) is 1.37. The van der Waals surface area contributed by atoms with Gasteiger partial charge in [-0.1, -0.05) is 19.3 Å². The number of nitrogens with zero attached hydrogens (tertiary/aromatic N) is 1. The summed E-state index contributed by atoms with van der Waals surface area (Å²) in [4.78, 5) is 5.08. The molecule has 5 heteroatoms. The van der Waals surface area contributed by atoms with Gasteiger partial charge in [-0.15, -0.1) is 25.3 Å². The minimum Gasteiger partial charge on any atom is -0.760 e. The maximum absolute atomic E-state index is 11.0. The molecule has 0 heterocycles. The van der Waals surface area contributed by atoms with Crippen molar-refractivity contribution in [1.29, 1.82) is 0 Å². The van der Waals surface area contributed by atoms with Crippen molar-refractivity contribution in [1.82, 2.24) is 5.23 Å². The van der Waals surface area contributed by atoms with E-state index < -0.39 is 4.71 Å². The Hall–Kier alpha value is 0.580. The molecular formula is C7H14NO2S2-. The Morgan fingerprint density at radius 1 is 1.25 bits per heavy atom. The Morgan fingerprint density at radius 2 is 1.83 bits per heavy atom. The van der Waals surface area contributed by atoms with Crippen LogP contribution < -0.4 is 0 Å². The van der Waals surface area contributed by atoms with Crippen molar-refractivity contribution < 1.29 is 4.84 Å². The van der Waals surface area contributed by atoms with Crippen LogP contribution in [0.1, 0.15) is 32.1 Å². The van der Waals surface area contributed by atoms with E-state index in [1.54, 1.807) is 0 Å². The first-order valence-corrected chi connectivity index (χ1v) is 5.22. The molecule has 0 N–H and O–H groups in total. The zero-order valence-corrected chi connectivity index (χ0v) is 8.64. The van der Waals surface area contributed by atoms with Crippen LogP contribution >= 0.6 is 25.3 Å². The van der Waals surface area contributed by atoms with Gasteiger partial charge in [0.1, 0.15) is 4.71 Å². The molecule has 0 atom stereocenters. The quantitative estimate of drug-likeness (QED) is 0.424. The third-order valence-corrected chi connectivity index (χ3v) is 2.37. The highest BCUT2D eigenvalue weighted by Gasteiger charge is 2.15. The average molecular weight is 208 g/mol. The van der Waals surface area contributed by atoms with Crippen molar-refractivity contribution in [3.8, 4) is 0 Å². The second-order valence-corrected chi connectivity index (χ2v) is 4.38. The van der Waals surface area contributed by atoms with Crippen LogP contribution in [-0.2, 0) is 4.84 Å². The molecule has 0 bridgehead atoms. The summed E-state index contributed by atoms with van der Waals surface area (Å²) in [5, 5.41) is 11.4. The third kappa shape index (κ3) is 3.53. The lowest BCUT2D eigenvalue weighted by Gasteiger charge is -2.35. The first-order valence-electron chi connectivity index (χ1n) is 4.19. The predicted molar refractivity (Wildman–Crippen MR) is 54.9 cm³/mol. The summed E-state index contributed by atoms with van der Waals surface area (Å²) in [6.07, 6.45) is 5.60. The molecule has 0 unspecified atom stereocenters. The second-order valence-electron chi connectivity index (χ2n) is 3.00. The molecule has 1 aliphatic carbocycles. The summed E-state index contributed by atoms with van der Waals surface area (Å²) >= 11 is 7.69. The van der Waals surface area contributed by atoms with Gasteiger partial charge >= 0.3 is 0 Å². The molecule has 1 saturated carbocycles. The highest BCUT2D eigenvalue weighted by atomic mass is 32.2. The molecule has 0 saturated heterocycles. The van der Waals surface area contributed by atoms with E-state index in [2.05, 4.69) is 25.3 Å². The molecule has 0 aromatic carbocycles. The number of hydroxylamine groups is 2. The zero-order chi connectivity index (χ0) is 8.97. The lowest BCUT2D eigenvalue weighted by Crippen LogP contribution is -2.29. The summed E-state index contributed by atoms with van der Waals surface area (Å²) < 4.78 is -0.674. The van der Waals surface area contributed by atoms with Crippen LogP contribution in [0.2, 0.25) is 0 Å². The first-order chi connectivity index (χ1) is 5.70. The largest absolute Gasteiger partial charge is 0.760 e. The van der Waals surface area contributed by atoms with Crippen molar-refractivity contribution in [3.05, 3.63) is 5.21 Å². The molecule has 3 nitrogen and oxygen atoms in total. The van der Waals surface area contributed by atoms with Crippen LogP contribution in [0, 0.1) is 5.21 Å². The molecule has 1 rings (SSSR count). The molecule has 0 aliphatic heterocycles. The molecule has 72 valence electrons. The van der Waals surface area contributed by atoms with E-state index >= 15 is 0 Å². The van der Waals surface area contributed by atoms with Gasteiger partial charge in [0, 0.05) is 0 Å². The Kier molecular flexibility index (Phi) is 4.74. The molecule has 0 aromatic rings. The summed E-state index contributed by atoms with van der Waals surface area (Å²) in [5.74, 6) is 0. The van der Waals surface area contributed by atoms with Crippen LogP contribution in [0.4, 0.5) is 0 Å². The van der Waals surface area contributed by atoms with Crippen LogP contribution in [-0.4, -0.2) is 16.0 Å². The van der Waals surface area contributed by atoms with E-state index in [0.29, 0.717) is 5.23 Å². The summed E-state index contributed by atoms with van der Waals surface area (Å²) in [5.41, 5.74) is 0. The maximum Gasteiger partial charge on any atom is 0.107 e. The maximum atomic E-state index is 11.0. The number of hydrogen-bond acceptors (Lipinski definition) is 5. The van der Waals surface area contributed by atoms with Gasteiger partial charge in [0.05, 0.1) is 6.10 Å². The van der Waals surface area contributed by atoms with Crippen LogP contribution in [0.15, 0.2) is 0 Å². The molecule has 12 heavy (non-hydrogen) atoms. The Balaban J connectivity index is 2.20. The van der Waals surface area contributed by atoms with Gasteiger partial charge in [0.15, 0.2) is 0 Å². The normalized spacial score (nSPS) is 20.8. The van der Waals surface area contributed by atoms with Crippen molar-refractivity contribution in [2.24, 2.45) is 0 Å². The SMILES string of the molecule is [O-]N(OC1CCCCC1)C(S)S. The summed E-state index contributed by atoms with van der Waals surface area (Å²) in [7, 11) is 0. The van der Waals surface area contributed by atoms with Crippen LogP contribution in [0.3, 0.4) is 0 Å². The van der Waals surface area contributed by atoms with E-state index in [0.717, 1.165) is 25.7 Å². The predicted octanol–water partition coefficient (Wildman–Crippen LogP) is 2.19. The van der Waals surface area contributed by atoms with Gasteiger partial charge in [-0.05, 0) is 12.8 Å². The molecule has 0 aromatic heterocycles. The lowest BCUT2D eigenvalue weighted by molar-refractivity contribution is -0.166. The molecule has 1 aliphatic rings. The molecular weight excluding hydrogens is 194 g/mol. The highest BCUT2D eigenvalue weighted by Crippen LogP contribution is 2.22. The minimum absolute atomic E-state index is 0.0815. The topological polar surface area (TPSA) is 35.5 Å². The van der Waals surface area contributed by atoms with Crippen molar-refractivity contribution in [3.63, 3.8) is 0 Å². The fourth-order valence-corrected chi connectivity index (χ4v) is 1.48. The van der Waals surface area contributed by atoms with Crippen molar-refractivity contribution >= 4 is 25.3 Å². The van der Waals surface area contributed by atoms with Crippen molar-refractivity contribution in [2.45, 2.75) is 42.9 Å². The van der Waals surface area contributed by atoms with E-state index in [9.17, 15) is 5.21 Å². The van der Waals surface area contributed by atoms with Gasteiger partial charge in [-0.25, -0.2) is 5.23 Å². The first kappa shape index (κ1) is 10.7. The van der Waals surface area contributed by atoms with Gasteiger partial charge in [-0.2, -0.15) is 0 Å². The highest BCUT2D eigenvalue weighted by molar-refractivity contribution is 7.99. The van der Waals surface area contributed by atoms with Crippen LogP contribution in [0.25, 0.3) is 0 Å². The number of thiol groups is 2. The van der Waals surface area contributed by atoms with Crippen LogP contribution in [0.5, 0.6) is 0 Å². The van der Waals surface area contributed by atoms with E-state index in [1.165, 1.54) is 6.42 Å². The molecule has 1 fully saturated rings. The number of rotatable bonds is 3. The Morgan fingerprint density at radius 3 is 2.33 bits per heavy atom. The Labute approximate surface area is 83.8 Å². The van der Waals surface area contributed by atoms with Gasteiger partial charge in [0.2, 0.25) is 0 Å². The average Bonchev–Trinajstić information content (AvgIpc) is 2.06. The van der Waals surface area contributed by atoms with Gasteiger partial charge in [0.25, 0.3) is 0 Å². The van der Waals surface area contributed by atoms with E-state index in [-0.39, 0.29) is 6.10 Å². The van der Waals surface area contributed by atoms with Gasteiger partial charge in [-0.3, -0.25) is 0 Å². The minimum atomic E-state index is -0.674. The van der Waals surface area contributed by atoms with E-state index in [4.69, 9.17) is 4.84 Å². The Bertz CT molecular complexity index is 129. The van der Waals surface area contributed by atoms with Gasteiger partial charge < -0.3 is 10.0 Å². The summed E-state index contributed by atoms with van der Waals surface area (Å²) in [6, 6.07) is 0. The standard InChI is InChI=1S/C7H14NO2S2/c9-8(7(11)12)10-6-4-2-1-3-5-6/h6-7,11-12H,1-5H2/q-1. The third-order valence-electron chi connectivity index (χ3n) is 1.99. The lowest BCUT2D eigenvalue weighted by atomic mass is 9.98. The summed E-state index contributed by atoms with van der Waals surface area (Å²) in [6.45, 7) is 0. The second kappa shape index (κ2) is 5.34. The smallest absolute Gasteiger partial charge is 0.107 e. The molecule has 0 spiro atoms. The monoisotopic (exact) mass is 208 g/mol. The molecule has 0 radical (unpaired) electrons. The van der Waals surface area contributed by atoms with Crippen molar-refractivity contribution in [2.75, 3.05) is 0 Å². The fraction of sp³-hybridized carbons (Fsp3) is 1.00. The van der Waals surface area contributed by atoms with E-state index in [1.807, 2.05) is 0 Å². The zero-order valence-electron chi connectivity index (χ0n) is 6.85. The molecule has 0 amide bonds. The number of hydrogen-bond donors (Lipinski definition) is 2.